The predicted octanol–water partition coefficient (Wildman–Crippen LogP) is 2.65. The van der Waals surface area contributed by atoms with Crippen molar-refractivity contribution in [1.29, 1.82) is 0 Å². The molecule has 0 aromatic heterocycles. The van der Waals surface area contributed by atoms with E-state index in [9.17, 15) is 4.79 Å². The van der Waals surface area contributed by atoms with Crippen LogP contribution in [0, 0.1) is 24.7 Å². The second-order valence-electron chi connectivity index (χ2n) is 6.30. The molecule has 1 aromatic carbocycles. The normalized spacial score (nSPS) is 9.97. The Morgan fingerprint density at radius 3 is 2.03 bits per heavy atom. The maximum atomic E-state index is 9.90. The number of carbonyl (C=O) groups excluding carboxylic acids is 1. The standard InChI is InChI=1S/C12H14.C10H22N2O4S/c1-10(2)4-7-12-8-5-11(3)6-9-12;1-17-12-3-5-15-7-9-16-8-6-14-4-2-11-10-13/h5-6,8-10H,1-3H3;10,12H,2-9H2,1H3,(H,11,13). The molecule has 0 aliphatic heterocycles. The second-order valence-corrected chi connectivity index (χ2v) is 6.99. The number of hydrogen-bond acceptors (Lipinski definition) is 6. The van der Waals surface area contributed by atoms with E-state index in [1.165, 1.54) is 5.56 Å². The van der Waals surface area contributed by atoms with Gasteiger partial charge in [-0.3, -0.25) is 9.52 Å². The number of aryl methyl sites for hydroxylation is 1. The highest BCUT2D eigenvalue weighted by atomic mass is 32.2. The van der Waals surface area contributed by atoms with E-state index in [2.05, 4.69) is 66.9 Å². The molecule has 0 bridgehead atoms. The Bertz CT molecular complexity index is 556. The van der Waals surface area contributed by atoms with Crippen LogP contribution in [0.4, 0.5) is 0 Å². The van der Waals surface area contributed by atoms with Gasteiger partial charge >= 0.3 is 0 Å². The zero-order valence-corrected chi connectivity index (χ0v) is 19.0. The molecule has 0 aliphatic rings. The Hall–Kier alpha value is -1.56. The predicted molar refractivity (Wildman–Crippen MR) is 121 cm³/mol. The molecule has 0 aliphatic carbocycles. The number of nitrogens with one attached hydrogen (secondary N) is 2. The first kappa shape index (κ1) is 27.4. The van der Waals surface area contributed by atoms with Crippen LogP contribution in [0.3, 0.4) is 0 Å². The first-order valence-electron chi connectivity index (χ1n) is 9.84. The van der Waals surface area contributed by atoms with Gasteiger partial charge in [-0.25, -0.2) is 0 Å². The van der Waals surface area contributed by atoms with Crippen molar-refractivity contribution >= 4 is 18.4 Å². The molecule has 0 fully saturated rings. The highest BCUT2D eigenvalue weighted by molar-refractivity contribution is 7.96. The molecule has 1 aromatic rings. The molecule has 0 saturated heterocycles. The van der Waals surface area contributed by atoms with E-state index in [-0.39, 0.29) is 0 Å². The van der Waals surface area contributed by atoms with Crippen LogP contribution >= 0.6 is 11.9 Å². The minimum absolute atomic E-state index is 0.450. The average Bonchev–Trinajstić information content (AvgIpc) is 2.71. The maximum Gasteiger partial charge on any atom is 0.207 e. The molecule has 29 heavy (non-hydrogen) atoms. The number of rotatable bonds is 14. The van der Waals surface area contributed by atoms with Gasteiger partial charge in [0.25, 0.3) is 0 Å². The van der Waals surface area contributed by atoms with Crippen LogP contribution < -0.4 is 10.0 Å². The monoisotopic (exact) mass is 424 g/mol. The van der Waals surface area contributed by atoms with Crippen LogP contribution in [-0.4, -0.2) is 65.4 Å². The lowest BCUT2D eigenvalue weighted by Crippen LogP contribution is -2.19. The first-order chi connectivity index (χ1) is 14.1. The summed E-state index contributed by atoms with van der Waals surface area (Å²) >= 11 is 1.58. The fourth-order valence-electron chi connectivity index (χ4n) is 1.81. The number of hydrogen-bond donors (Lipinski definition) is 2. The Labute approximate surface area is 180 Å². The fraction of sp³-hybridized carbons (Fsp3) is 0.591. The largest absolute Gasteiger partial charge is 0.378 e. The van der Waals surface area contributed by atoms with Crippen molar-refractivity contribution < 1.29 is 19.0 Å². The van der Waals surface area contributed by atoms with Gasteiger partial charge in [-0.1, -0.05) is 55.3 Å². The molecule has 0 spiro atoms. The molecule has 1 rings (SSSR count). The highest BCUT2D eigenvalue weighted by Gasteiger charge is 1.91. The van der Waals surface area contributed by atoms with Gasteiger partial charge in [-0.2, -0.15) is 0 Å². The van der Waals surface area contributed by atoms with Gasteiger partial charge in [0.2, 0.25) is 6.41 Å². The van der Waals surface area contributed by atoms with Gasteiger partial charge < -0.3 is 19.5 Å². The molecule has 6 nitrogen and oxygen atoms in total. The Morgan fingerprint density at radius 2 is 1.52 bits per heavy atom. The molecule has 164 valence electrons. The van der Waals surface area contributed by atoms with Crippen LogP contribution in [0.25, 0.3) is 0 Å². The Balaban J connectivity index is 0.000000571. The summed E-state index contributed by atoms with van der Waals surface area (Å²) in [5, 5.41) is 2.51. The summed E-state index contributed by atoms with van der Waals surface area (Å²) in [5.74, 6) is 6.70. The highest BCUT2D eigenvalue weighted by Crippen LogP contribution is 2.01. The summed E-state index contributed by atoms with van der Waals surface area (Å²) in [6, 6.07) is 8.30. The molecule has 0 atom stereocenters. The van der Waals surface area contributed by atoms with Gasteiger partial charge in [0, 0.05) is 24.6 Å². The Kier molecular flexibility index (Phi) is 20.0. The van der Waals surface area contributed by atoms with E-state index in [4.69, 9.17) is 14.2 Å². The van der Waals surface area contributed by atoms with Crippen LogP contribution in [-0.2, 0) is 19.0 Å². The van der Waals surface area contributed by atoms with E-state index in [1.54, 1.807) is 11.9 Å². The first-order valence-corrected chi connectivity index (χ1v) is 11.1. The summed E-state index contributed by atoms with van der Waals surface area (Å²) < 4.78 is 18.9. The van der Waals surface area contributed by atoms with Crippen molar-refractivity contribution in [3.63, 3.8) is 0 Å². The molecule has 2 N–H and O–H groups in total. The smallest absolute Gasteiger partial charge is 0.207 e. The molecular formula is C22H36N2O4S. The maximum absolute atomic E-state index is 9.90. The zero-order chi connectivity index (χ0) is 21.6. The third kappa shape index (κ3) is 21.0. The molecule has 0 radical (unpaired) electrons. The van der Waals surface area contributed by atoms with E-state index in [1.807, 2.05) is 6.26 Å². The van der Waals surface area contributed by atoms with Crippen molar-refractivity contribution in [3.05, 3.63) is 35.4 Å². The Morgan fingerprint density at radius 1 is 0.966 bits per heavy atom. The van der Waals surface area contributed by atoms with Crippen molar-refractivity contribution in [1.82, 2.24) is 10.0 Å². The lowest BCUT2D eigenvalue weighted by molar-refractivity contribution is -0.109. The van der Waals surface area contributed by atoms with Gasteiger partial charge in [-0.15, -0.1) is 0 Å². The molecule has 7 heteroatoms. The van der Waals surface area contributed by atoms with Crippen molar-refractivity contribution in [3.8, 4) is 11.8 Å². The number of ether oxygens (including phenoxy) is 3. The van der Waals surface area contributed by atoms with E-state index < -0.39 is 0 Å². The fourth-order valence-corrected chi connectivity index (χ4v) is 2.10. The van der Waals surface area contributed by atoms with Gasteiger partial charge in [0.1, 0.15) is 0 Å². The second kappa shape index (κ2) is 21.2. The topological polar surface area (TPSA) is 68.8 Å². The summed E-state index contributed by atoms with van der Waals surface area (Å²) in [7, 11) is 0. The van der Waals surface area contributed by atoms with Crippen LogP contribution in [0.5, 0.6) is 0 Å². The third-order valence-electron chi connectivity index (χ3n) is 3.27. The van der Waals surface area contributed by atoms with Crippen molar-refractivity contribution in [2.24, 2.45) is 5.92 Å². The van der Waals surface area contributed by atoms with Crippen molar-refractivity contribution in [2.75, 3.05) is 59.0 Å². The molecule has 0 heterocycles. The lowest BCUT2D eigenvalue weighted by Gasteiger charge is -2.06. The van der Waals surface area contributed by atoms with E-state index in [0.29, 0.717) is 58.5 Å². The average molecular weight is 425 g/mol. The van der Waals surface area contributed by atoms with Crippen molar-refractivity contribution in [2.45, 2.75) is 20.8 Å². The van der Waals surface area contributed by atoms with Crippen LogP contribution in [0.1, 0.15) is 25.0 Å². The molecule has 0 saturated carbocycles. The van der Waals surface area contributed by atoms with E-state index >= 15 is 0 Å². The number of carbonyl (C=O) groups is 1. The van der Waals surface area contributed by atoms with Crippen LogP contribution in [0.15, 0.2) is 24.3 Å². The lowest BCUT2D eigenvalue weighted by atomic mass is 10.1. The quantitative estimate of drug-likeness (QED) is 0.207. The minimum atomic E-state index is 0.450. The zero-order valence-electron chi connectivity index (χ0n) is 18.2. The van der Waals surface area contributed by atoms with Crippen LogP contribution in [0.2, 0.25) is 0 Å². The number of benzene rings is 1. The van der Waals surface area contributed by atoms with Gasteiger partial charge in [0.05, 0.1) is 39.6 Å². The molecule has 0 unspecified atom stereocenters. The molecule has 1 amide bonds. The summed E-state index contributed by atoms with van der Waals surface area (Å²) in [6.45, 7) is 11.1. The third-order valence-corrected chi connectivity index (χ3v) is 3.76. The summed E-state index contributed by atoms with van der Waals surface area (Å²) in [6.07, 6.45) is 2.64. The molecular weight excluding hydrogens is 388 g/mol. The summed E-state index contributed by atoms with van der Waals surface area (Å²) in [4.78, 5) is 9.90. The van der Waals surface area contributed by atoms with Gasteiger partial charge in [-0.05, 0) is 25.3 Å². The number of amides is 1. The van der Waals surface area contributed by atoms with E-state index in [0.717, 1.165) is 12.1 Å². The SMILES string of the molecule is CSNCCOCCOCCOCCNC=O.Cc1ccc(C#CC(C)C)cc1. The van der Waals surface area contributed by atoms with Gasteiger partial charge in [0.15, 0.2) is 0 Å². The minimum Gasteiger partial charge on any atom is -0.378 e. The summed E-state index contributed by atoms with van der Waals surface area (Å²) in [5.41, 5.74) is 2.39.